The molecule has 0 unspecified atom stereocenters. The summed E-state index contributed by atoms with van der Waals surface area (Å²) in [4.78, 5) is 33.9. The molecule has 42 heavy (non-hydrogen) atoms. The summed E-state index contributed by atoms with van der Waals surface area (Å²) in [6.07, 6.45) is 6.20. The van der Waals surface area contributed by atoms with Crippen LogP contribution in [-0.4, -0.2) is 23.3 Å². The van der Waals surface area contributed by atoms with Gasteiger partial charge in [-0.05, 0) is 92.5 Å². The number of nitrogens with two attached hydrogens (primary N) is 2. The first kappa shape index (κ1) is 32.3. The molecule has 0 aromatic heterocycles. The second-order valence-electron chi connectivity index (χ2n) is 10.7. The predicted molar refractivity (Wildman–Crippen MR) is 165 cm³/mol. The van der Waals surface area contributed by atoms with Crippen LogP contribution in [0.15, 0.2) is 72.4 Å². The fourth-order valence-corrected chi connectivity index (χ4v) is 5.10. The molecule has 3 aromatic carbocycles. The highest BCUT2D eigenvalue weighted by molar-refractivity contribution is 6.20. The molecule has 4 N–H and O–H groups in total. The van der Waals surface area contributed by atoms with E-state index in [9.17, 15) is 14.4 Å². The van der Waals surface area contributed by atoms with Crippen molar-refractivity contribution in [2.45, 2.75) is 78.2 Å². The maximum atomic E-state index is 15.1. The van der Waals surface area contributed by atoms with Gasteiger partial charge in [-0.25, -0.2) is 9.18 Å². The minimum absolute atomic E-state index is 0.255. The number of rotatable bonds is 5. The van der Waals surface area contributed by atoms with E-state index in [0.717, 1.165) is 25.7 Å². The minimum Gasteiger partial charge on any atom is -0.449 e. The number of halogens is 1. The zero-order valence-corrected chi connectivity index (χ0v) is 25.0. The summed E-state index contributed by atoms with van der Waals surface area (Å²) in [7, 11) is 0. The molecule has 1 fully saturated rings. The van der Waals surface area contributed by atoms with Crippen molar-refractivity contribution in [2.24, 2.45) is 11.5 Å². The molecule has 0 atom stereocenters. The number of ketones is 1. The number of ether oxygens (including phenoxy) is 1. The van der Waals surface area contributed by atoms with Crippen LogP contribution < -0.4 is 11.5 Å². The summed E-state index contributed by atoms with van der Waals surface area (Å²) in [5.41, 5.74) is 15.4. The number of primary amides is 1. The minimum atomic E-state index is -0.748. The van der Waals surface area contributed by atoms with Crippen molar-refractivity contribution in [3.05, 3.63) is 100 Å². The highest BCUT2D eigenvalue weighted by atomic mass is 19.1. The zero-order chi connectivity index (χ0) is 30.9. The molecule has 1 amide bonds. The van der Waals surface area contributed by atoms with Crippen LogP contribution in [0.3, 0.4) is 0 Å². The molecule has 1 aliphatic carbocycles. The van der Waals surface area contributed by atoms with Gasteiger partial charge in [-0.1, -0.05) is 62.7 Å². The summed E-state index contributed by atoms with van der Waals surface area (Å²) in [5.74, 6) is -1.32. The van der Waals surface area contributed by atoms with Crippen LogP contribution in [-0.2, 0) is 20.7 Å². The molecule has 1 aliphatic heterocycles. The molecular weight excluding hydrogens is 531 g/mol. The molecule has 0 bridgehead atoms. The number of carbonyl (C=O) groups is 3. The maximum absolute atomic E-state index is 15.1. The smallest absolute Gasteiger partial charge is 0.341 e. The molecule has 0 radical (unpaired) electrons. The van der Waals surface area contributed by atoms with Crippen LogP contribution in [0, 0.1) is 12.7 Å². The fourth-order valence-electron chi connectivity index (χ4n) is 5.10. The van der Waals surface area contributed by atoms with Gasteiger partial charge in [0.05, 0.1) is 11.3 Å². The number of amides is 1. The Morgan fingerprint density at radius 1 is 0.929 bits per heavy atom. The summed E-state index contributed by atoms with van der Waals surface area (Å²) in [6, 6.07) is 19.9. The highest BCUT2D eigenvalue weighted by Crippen LogP contribution is 2.45. The molecule has 7 heteroatoms. The Bertz CT molecular complexity index is 1460. The van der Waals surface area contributed by atoms with Crippen molar-refractivity contribution in [3.63, 3.8) is 0 Å². The lowest BCUT2D eigenvalue weighted by Gasteiger charge is -2.32. The summed E-state index contributed by atoms with van der Waals surface area (Å²) in [6.45, 7) is 7.40. The third kappa shape index (κ3) is 7.72. The Labute approximate surface area is 248 Å². The van der Waals surface area contributed by atoms with Gasteiger partial charge >= 0.3 is 5.97 Å². The van der Waals surface area contributed by atoms with Gasteiger partial charge < -0.3 is 21.0 Å². The van der Waals surface area contributed by atoms with Crippen LogP contribution in [0.1, 0.15) is 86.3 Å². The summed E-state index contributed by atoms with van der Waals surface area (Å²) >= 11 is 0. The molecule has 0 saturated heterocycles. The Kier molecular flexibility index (Phi) is 11.2. The zero-order valence-electron chi connectivity index (χ0n) is 25.0. The van der Waals surface area contributed by atoms with E-state index in [0.29, 0.717) is 52.8 Å². The number of aryl methyl sites for hydroxylation is 2. The molecular formula is C35H41FN2O4. The molecule has 222 valence electrons. The predicted octanol–water partition coefficient (Wildman–Crippen LogP) is 7.06. The first-order valence-electron chi connectivity index (χ1n) is 14.5. The molecule has 1 saturated carbocycles. The number of esters is 1. The Hall–Kier alpha value is -4.26. The van der Waals surface area contributed by atoms with Crippen molar-refractivity contribution < 1.29 is 23.5 Å². The normalized spacial score (nSPS) is 15.2. The van der Waals surface area contributed by atoms with Crippen LogP contribution >= 0.6 is 0 Å². The van der Waals surface area contributed by atoms with Crippen LogP contribution in [0.2, 0.25) is 0 Å². The first-order chi connectivity index (χ1) is 20.0. The SMILES string of the molecule is CCC(C)=O.CCc1ccccc1.Cc1cc(-c2cccc(C(N)=O)c2)c(F)cc1C1=C(N)C2(CCCCC2)OC1=O. The second-order valence-corrected chi connectivity index (χ2v) is 10.7. The number of Topliss-reactive ketones (excluding diaryl/α,β-unsaturated/α-hetero) is 1. The lowest BCUT2D eigenvalue weighted by Crippen LogP contribution is -2.37. The van der Waals surface area contributed by atoms with Crippen molar-refractivity contribution in [3.8, 4) is 11.1 Å². The average molecular weight is 573 g/mol. The number of benzene rings is 3. The van der Waals surface area contributed by atoms with Gasteiger partial charge in [-0.15, -0.1) is 0 Å². The number of hydrogen-bond acceptors (Lipinski definition) is 5. The molecule has 6 nitrogen and oxygen atoms in total. The topological polar surface area (TPSA) is 112 Å². The third-order valence-electron chi connectivity index (χ3n) is 7.70. The fraction of sp³-hybridized carbons (Fsp3) is 0.343. The van der Waals surface area contributed by atoms with Crippen molar-refractivity contribution in [2.75, 3.05) is 0 Å². The van der Waals surface area contributed by atoms with E-state index < -0.39 is 23.3 Å². The van der Waals surface area contributed by atoms with Crippen LogP contribution in [0.5, 0.6) is 0 Å². The highest BCUT2D eigenvalue weighted by Gasteiger charge is 2.47. The van der Waals surface area contributed by atoms with E-state index in [-0.39, 0.29) is 11.4 Å². The molecule has 1 heterocycles. The summed E-state index contributed by atoms with van der Waals surface area (Å²) < 4.78 is 20.8. The van der Waals surface area contributed by atoms with Gasteiger partial charge in [-0.2, -0.15) is 0 Å². The lowest BCUT2D eigenvalue weighted by molar-refractivity contribution is -0.147. The standard InChI is InChI=1S/C23H23FN2O3.C8H10.C4H8O/c1-13-10-17(14-6-5-7-15(11-14)21(26)27)18(24)12-16(13)19-20(25)23(29-22(19)28)8-3-2-4-9-23;1-2-8-6-4-3-5-7-8;1-3-4(2)5/h5-7,10-12H,2-4,8-9,25H2,1H3,(H2,26,27);3-7H,2H2,1H3;3H2,1-2H3. The van der Waals surface area contributed by atoms with Gasteiger partial charge in [-0.3, -0.25) is 4.79 Å². The van der Waals surface area contributed by atoms with Gasteiger partial charge in [0.25, 0.3) is 0 Å². The third-order valence-corrected chi connectivity index (χ3v) is 7.70. The molecule has 2 aliphatic rings. The Balaban J connectivity index is 0.000000309. The van der Waals surface area contributed by atoms with Crippen LogP contribution in [0.25, 0.3) is 16.7 Å². The second kappa shape index (κ2) is 14.6. The average Bonchev–Trinajstić information content (AvgIpc) is 3.23. The van der Waals surface area contributed by atoms with E-state index in [2.05, 4.69) is 31.2 Å². The van der Waals surface area contributed by atoms with E-state index in [4.69, 9.17) is 16.2 Å². The first-order valence-corrected chi connectivity index (χ1v) is 14.5. The van der Waals surface area contributed by atoms with Gasteiger partial charge in [0.1, 0.15) is 11.6 Å². The van der Waals surface area contributed by atoms with Gasteiger partial charge in [0.15, 0.2) is 5.60 Å². The largest absolute Gasteiger partial charge is 0.449 e. The Morgan fingerprint density at radius 3 is 2.12 bits per heavy atom. The van der Waals surface area contributed by atoms with Crippen LogP contribution in [0.4, 0.5) is 4.39 Å². The van der Waals surface area contributed by atoms with E-state index in [1.807, 2.05) is 13.0 Å². The van der Waals surface area contributed by atoms with E-state index in [1.165, 1.54) is 11.6 Å². The molecule has 3 aromatic rings. The maximum Gasteiger partial charge on any atom is 0.341 e. The van der Waals surface area contributed by atoms with Gasteiger partial charge in [0.2, 0.25) is 5.91 Å². The monoisotopic (exact) mass is 572 g/mol. The van der Waals surface area contributed by atoms with E-state index >= 15 is 4.39 Å². The molecule has 1 spiro atoms. The molecule has 5 rings (SSSR count). The van der Waals surface area contributed by atoms with E-state index in [1.54, 1.807) is 44.2 Å². The van der Waals surface area contributed by atoms with Crippen molar-refractivity contribution >= 4 is 23.2 Å². The summed E-state index contributed by atoms with van der Waals surface area (Å²) in [5, 5.41) is 0. The Morgan fingerprint density at radius 2 is 1.57 bits per heavy atom. The number of hydrogen-bond donors (Lipinski definition) is 2. The quantitative estimate of drug-likeness (QED) is 0.318. The number of carbonyl (C=O) groups excluding carboxylic acids is 3. The van der Waals surface area contributed by atoms with Crippen molar-refractivity contribution in [1.29, 1.82) is 0 Å². The lowest BCUT2D eigenvalue weighted by atomic mass is 9.81. The van der Waals surface area contributed by atoms with Gasteiger partial charge in [0, 0.05) is 17.5 Å². The van der Waals surface area contributed by atoms with Crippen molar-refractivity contribution in [1.82, 2.24) is 0 Å².